The number of aliphatic hydroxyl groups is 1. The van der Waals surface area contributed by atoms with Crippen molar-refractivity contribution in [3.63, 3.8) is 0 Å². The molecule has 0 aliphatic heterocycles. The summed E-state index contributed by atoms with van der Waals surface area (Å²) in [6.07, 6.45) is 0.979. The van der Waals surface area contributed by atoms with Crippen molar-refractivity contribution in [2.45, 2.75) is 72.7 Å². The molecule has 0 aliphatic rings. The molecule has 1 atom stereocenters. The van der Waals surface area contributed by atoms with Crippen molar-refractivity contribution in [3.05, 3.63) is 29.3 Å². The minimum atomic E-state index is -0.559. The van der Waals surface area contributed by atoms with Crippen LogP contribution in [0.5, 0.6) is 5.75 Å². The van der Waals surface area contributed by atoms with Crippen molar-refractivity contribution in [1.29, 1.82) is 0 Å². The van der Waals surface area contributed by atoms with Gasteiger partial charge in [0.1, 0.15) is 11.4 Å². The second-order valence-electron chi connectivity index (χ2n) is 6.89. The fourth-order valence-corrected chi connectivity index (χ4v) is 2.26. The summed E-state index contributed by atoms with van der Waals surface area (Å²) in [5.74, 6) is 0.843. The Morgan fingerprint density at radius 1 is 1.26 bits per heavy atom. The zero-order valence-electron chi connectivity index (χ0n) is 17.9. The standard InChI is InChI=1S/C19H31NO5.C2H6/c1-6-7-15-9-8-14(10-17(15)23-5)13-24-16(12-21)11-20-18(22)25-19(2,3)4;1-2/h8-10,16,21H,6-7,11-13H2,1-5H3,(H,20,22);1-2H3. The van der Waals surface area contributed by atoms with Gasteiger partial charge < -0.3 is 24.6 Å². The van der Waals surface area contributed by atoms with E-state index < -0.39 is 17.8 Å². The maximum Gasteiger partial charge on any atom is 0.407 e. The highest BCUT2D eigenvalue weighted by Crippen LogP contribution is 2.22. The Kier molecular flexibility index (Phi) is 12.5. The third-order valence-electron chi connectivity index (χ3n) is 3.43. The van der Waals surface area contributed by atoms with Gasteiger partial charge in [-0.15, -0.1) is 0 Å². The first-order valence-corrected chi connectivity index (χ1v) is 9.64. The molecule has 0 spiro atoms. The van der Waals surface area contributed by atoms with Gasteiger partial charge in [-0.3, -0.25) is 0 Å². The number of amides is 1. The Hall–Kier alpha value is -1.79. The second-order valence-corrected chi connectivity index (χ2v) is 6.89. The molecule has 1 aromatic rings. The molecule has 156 valence electrons. The number of benzene rings is 1. The number of nitrogens with one attached hydrogen (secondary N) is 1. The van der Waals surface area contributed by atoms with Crippen LogP contribution in [0.25, 0.3) is 0 Å². The Labute approximate surface area is 164 Å². The zero-order valence-corrected chi connectivity index (χ0v) is 17.9. The van der Waals surface area contributed by atoms with Crippen LogP contribution in [0.4, 0.5) is 4.79 Å². The Balaban J connectivity index is 0.00000326. The summed E-state index contributed by atoms with van der Waals surface area (Å²) in [7, 11) is 1.65. The molecular formula is C21H37NO5. The average Bonchev–Trinajstić information content (AvgIpc) is 2.63. The van der Waals surface area contributed by atoms with E-state index in [-0.39, 0.29) is 13.2 Å². The summed E-state index contributed by atoms with van der Waals surface area (Å²) < 4.78 is 16.3. The molecule has 1 aromatic carbocycles. The average molecular weight is 384 g/mol. The van der Waals surface area contributed by atoms with Crippen LogP contribution >= 0.6 is 0 Å². The molecule has 0 heterocycles. The molecule has 2 N–H and O–H groups in total. The number of aryl methyl sites for hydroxylation is 1. The van der Waals surface area contributed by atoms with E-state index in [1.54, 1.807) is 27.9 Å². The summed E-state index contributed by atoms with van der Waals surface area (Å²) in [6, 6.07) is 5.97. The van der Waals surface area contributed by atoms with Gasteiger partial charge in [-0.25, -0.2) is 4.79 Å². The lowest BCUT2D eigenvalue weighted by Gasteiger charge is -2.21. The lowest BCUT2D eigenvalue weighted by Crippen LogP contribution is -2.39. The molecule has 0 radical (unpaired) electrons. The number of hydrogen-bond acceptors (Lipinski definition) is 5. The molecule has 27 heavy (non-hydrogen) atoms. The van der Waals surface area contributed by atoms with Crippen LogP contribution in [-0.2, 0) is 22.5 Å². The van der Waals surface area contributed by atoms with Crippen LogP contribution in [0.2, 0.25) is 0 Å². The van der Waals surface area contributed by atoms with E-state index >= 15 is 0 Å². The van der Waals surface area contributed by atoms with Crippen molar-refractivity contribution in [2.24, 2.45) is 0 Å². The smallest absolute Gasteiger partial charge is 0.407 e. The topological polar surface area (TPSA) is 77.0 Å². The molecule has 1 amide bonds. The first-order valence-electron chi connectivity index (χ1n) is 9.64. The molecule has 0 fully saturated rings. The third-order valence-corrected chi connectivity index (χ3v) is 3.43. The molecule has 6 heteroatoms. The molecular weight excluding hydrogens is 346 g/mol. The summed E-state index contributed by atoms with van der Waals surface area (Å²) in [5.41, 5.74) is 1.56. The Morgan fingerprint density at radius 3 is 2.44 bits per heavy atom. The van der Waals surface area contributed by atoms with Gasteiger partial charge in [0.15, 0.2) is 0 Å². The quantitative estimate of drug-likeness (QED) is 0.672. The molecule has 6 nitrogen and oxygen atoms in total. The van der Waals surface area contributed by atoms with Crippen molar-refractivity contribution >= 4 is 6.09 Å². The number of carbonyl (C=O) groups excluding carboxylic acids is 1. The van der Waals surface area contributed by atoms with E-state index in [0.717, 1.165) is 24.2 Å². The number of hydrogen-bond donors (Lipinski definition) is 2. The minimum absolute atomic E-state index is 0.177. The Bertz CT molecular complexity index is 540. The van der Waals surface area contributed by atoms with E-state index in [2.05, 4.69) is 12.2 Å². The van der Waals surface area contributed by atoms with Crippen LogP contribution in [0.1, 0.15) is 59.1 Å². The van der Waals surface area contributed by atoms with Gasteiger partial charge in [-0.2, -0.15) is 0 Å². The number of ether oxygens (including phenoxy) is 3. The fourth-order valence-electron chi connectivity index (χ4n) is 2.26. The van der Waals surface area contributed by atoms with E-state index in [0.29, 0.717) is 6.61 Å². The zero-order chi connectivity index (χ0) is 20.9. The lowest BCUT2D eigenvalue weighted by atomic mass is 10.1. The van der Waals surface area contributed by atoms with Crippen molar-refractivity contribution in [1.82, 2.24) is 5.32 Å². The second kappa shape index (κ2) is 13.4. The fraction of sp³-hybridized carbons (Fsp3) is 0.667. The van der Waals surface area contributed by atoms with Crippen LogP contribution < -0.4 is 10.1 Å². The summed E-state index contributed by atoms with van der Waals surface area (Å²) in [6.45, 7) is 11.8. The maximum absolute atomic E-state index is 11.6. The van der Waals surface area contributed by atoms with Gasteiger partial charge in [0.05, 0.1) is 26.4 Å². The van der Waals surface area contributed by atoms with Gasteiger partial charge in [0, 0.05) is 6.54 Å². The van der Waals surface area contributed by atoms with Gasteiger partial charge in [0.25, 0.3) is 0 Å². The van der Waals surface area contributed by atoms with Gasteiger partial charge >= 0.3 is 6.09 Å². The molecule has 0 saturated heterocycles. The number of rotatable bonds is 9. The highest BCUT2D eigenvalue weighted by atomic mass is 16.6. The minimum Gasteiger partial charge on any atom is -0.496 e. The number of methoxy groups -OCH3 is 1. The number of aliphatic hydroxyl groups excluding tert-OH is 1. The number of carbonyl (C=O) groups is 1. The van der Waals surface area contributed by atoms with E-state index in [1.807, 2.05) is 32.0 Å². The Morgan fingerprint density at radius 2 is 1.93 bits per heavy atom. The van der Waals surface area contributed by atoms with Crippen molar-refractivity contribution in [2.75, 3.05) is 20.3 Å². The highest BCUT2D eigenvalue weighted by Gasteiger charge is 2.17. The highest BCUT2D eigenvalue weighted by molar-refractivity contribution is 5.67. The van der Waals surface area contributed by atoms with Gasteiger partial charge in [0.2, 0.25) is 0 Å². The van der Waals surface area contributed by atoms with Crippen LogP contribution in [0.3, 0.4) is 0 Å². The maximum atomic E-state index is 11.6. The van der Waals surface area contributed by atoms with Crippen LogP contribution in [0.15, 0.2) is 18.2 Å². The monoisotopic (exact) mass is 383 g/mol. The third kappa shape index (κ3) is 10.8. The normalized spacial score (nSPS) is 11.9. The molecule has 0 aromatic heterocycles. The first kappa shape index (κ1) is 25.2. The van der Waals surface area contributed by atoms with E-state index in [4.69, 9.17) is 14.2 Å². The van der Waals surface area contributed by atoms with Crippen LogP contribution in [-0.4, -0.2) is 43.2 Å². The molecule has 0 saturated carbocycles. The van der Waals surface area contributed by atoms with Gasteiger partial charge in [-0.1, -0.05) is 39.3 Å². The molecule has 0 aliphatic carbocycles. The van der Waals surface area contributed by atoms with E-state index in [9.17, 15) is 9.90 Å². The molecule has 1 rings (SSSR count). The molecule has 0 bridgehead atoms. The van der Waals surface area contributed by atoms with Crippen molar-refractivity contribution in [3.8, 4) is 5.75 Å². The number of alkyl carbamates (subject to hydrolysis) is 1. The largest absolute Gasteiger partial charge is 0.496 e. The summed E-state index contributed by atoms with van der Waals surface area (Å²) >= 11 is 0. The molecule has 1 unspecified atom stereocenters. The summed E-state index contributed by atoms with van der Waals surface area (Å²) in [4.78, 5) is 11.6. The SMILES string of the molecule is CC.CCCc1ccc(COC(CO)CNC(=O)OC(C)(C)C)cc1OC. The van der Waals surface area contributed by atoms with Crippen molar-refractivity contribution < 1.29 is 24.1 Å². The lowest BCUT2D eigenvalue weighted by molar-refractivity contribution is -0.000428. The van der Waals surface area contributed by atoms with Gasteiger partial charge in [-0.05, 0) is 44.4 Å². The predicted molar refractivity (Wildman–Crippen MR) is 108 cm³/mol. The van der Waals surface area contributed by atoms with E-state index in [1.165, 1.54) is 5.56 Å². The predicted octanol–water partition coefficient (Wildman–Crippen LogP) is 4.08. The van der Waals surface area contributed by atoms with Crippen LogP contribution in [0, 0.1) is 0 Å². The first-order chi connectivity index (χ1) is 12.8. The summed E-state index contributed by atoms with van der Waals surface area (Å²) in [5, 5.41) is 12.0.